The van der Waals surface area contributed by atoms with Crippen LogP contribution in [0.5, 0.6) is 11.5 Å². The Labute approximate surface area is 146 Å². The van der Waals surface area contributed by atoms with Crippen LogP contribution in [-0.4, -0.2) is 19.6 Å². The van der Waals surface area contributed by atoms with Crippen LogP contribution >= 0.6 is 11.3 Å². The molecule has 0 amide bonds. The summed E-state index contributed by atoms with van der Waals surface area (Å²) in [4.78, 5) is 17.7. The molecule has 0 saturated heterocycles. The molecule has 0 fully saturated rings. The van der Waals surface area contributed by atoms with Crippen molar-refractivity contribution in [2.45, 2.75) is 6.92 Å². The van der Waals surface area contributed by atoms with E-state index in [9.17, 15) is 15.0 Å². The third-order valence-electron chi connectivity index (χ3n) is 3.95. The van der Waals surface area contributed by atoms with Crippen molar-refractivity contribution in [3.63, 3.8) is 0 Å². The summed E-state index contributed by atoms with van der Waals surface area (Å²) >= 11 is 1.29. The van der Waals surface area contributed by atoms with Gasteiger partial charge in [-0.2, -0.15) is 0 Å². The van der Waals surface area contributed by atoms with Crippen LogP contribution in [0.1, 0.15) is 11.1 Å². The number of nitrogens with zero attached hydrogens (tertiary/aromatic N) is 2. The van der Waals surface area contributed by atoms with Crippen molar-refractivity contribution in [3.8, 4) is 22.8 Å². The van der Waals surface area contributed by atoms with Crippen LogP contribution in [-0.2, 0) is 0 Å². The molecule has 6 heteroatoms. The van der Waals surface area contributed by atoms with E-state index in [1.165, 1.54) is 33.4 Å². The van der Waals surface area contributed by atoms with E-state index in [2.05, 4.69) is 4.98 Å². The smallest absolute Gasteiger partial charge is 0.274 e. The fourth-order valence-electron chi connectivity index (χ4n) is 2.58. The molecule has 4 rings (SSSR count). The largest absolute Gasteiger partial charge is 0.504 e. The number of aryl methyl sites for hydroxylation is 1. The van der Waals surface area contributed by atoms with E-state index >= 15 is 0 Å². The Kier molecular flexibility index (Phi) is 3.54. The van der Waals surface area contributed by atoms with Crippen LogP contribution in [0, 0.1) is 6.92 Å². The van der Waals surface area contributed by atoms with Crippen molar-refractivity contribution in [1.82, 2.24) is 9.38 Å². The van der Waals surface area contributed by atoms with Crippen LogP contribution in [0.15, 0.2) is 53.5 Å². The number of aromatic hydroxyl groups is 2. The van der Waals surface area contributed by atoms with E-state index < -0.39 is 0 Å². The lowest BCUT2D eigenvalue weighted by Crippen LogP contribution is -2.22. The van der Waals surface area contributed by atoms with Gasteiger partial charge in [-0.15, -0.1) is 0 Å². The van der Waals surface area contributed by atoms with Gasteiger partial charge in [0.15, 0.2) is 16.5 Å². The standard InChI is InChI=1S/C19H14N2O3S/c1-11-2-5-13(6-3-11)14-10-21-18(24)17(25-19(21)20-14)9-12-4-7-15(22)16(23)8-12/h2-10,22-23H,1H3/b17-9-. The number of aromatic nitrogens is 2. The number of phenolic OH excluding ortho intramolecular Hbond substituents is 2. The van der Waals surface area contributed by atoms with Crippen LogP contribution in [0.2, 0.25) is 0 Å². The number of phenols is 2. The molecule has 0 bridgehead atoms. The predicted molar refractivity (Wildman–Crippen MR) is 98.1 cm³/mol. The second-order valence-corrected chi connectivity index (χ2v) is 6.82. The van der Waals surface area contributed by atoms with Gasteiger partial charge in [-0.05, 0) is 30.7 Å². The highest BCUT2D eigenvalue weighted by Crippen LogP contribution is 2.25. The number of rotatable bonds is 2. The van der Waals surface area contributed by atoms with Gasteiger partial charge in [-0.3, -0.25) is 9.20 Å². The predicted octanol–water partition coefficient (Wildman–Crippen LogP) is 2.69. The molecule has 2 N–H and O–H groups in total. The fourth-order valence-corrected chi connectivity index (χ4v) is 3.53. The Morgan fingerprint density at radius 2 is 1.84 bits per heavy atom. The Morgan fingerprint density at radius 1 is 1.08 bits per heavy atom. The minimum atomic E-state index is -0.218. The highest BCUT2D eigenvalue weighted by Gasteiger charge is 2.10. The molecule has 0 unspecified atom stereocenters. The minimum Gasteiger partial charge on any atom is -0.504 e. The number of benzene rings is 2. The van der Waals surface area contributed by atoms with Crippen LogP contribution in [0.25, 0.3) is 22.3 Å². The summed E-state index contributed by atoms with van der Waals surface area (Å²) in [6.45, 7) is 2.02. The molecule has 2 aromatic carbocycles. The van der Waals surface area contributed by atoms with E-state index in [4.69, 9.17) is 0 Å². The van der Waals surface area contributed by atoms with E-state index in [0.717, 1.165) is 11.3 Å². The van der Waals surface area contributed by atoms with Gasteiger partial charge in [0.05, 0.1) is 10.2 Å². The zero-order valence-electron chi connectivity index (χ0n) is 13.3. The van der Waals surface area contributed by atoms with Crippen molar-refractivity contribution in [2.75, 3.05) is 0 Å². The molecule has 25 heavy (non-hydrogen) atoms. The highest BCUT2D eigenvalue weighted by atomic mass is 32.1. The van der Waals surface area contributed by atoms with Gasteiger partial charge >= 0.3 is 0 Å². The Balaban J connectivity index is 1.80. The van der Waals surface area contributed by atoms with Gasteiger partial charge in [0.25, 0.3) is 5.56 Å². The van der Waals surface area contributed by atoms with Gasteiger partial charge in [-0.1, -0.05) is 47.2 Å². The van der Waals surface area contributed by atoms with Gasteiger partial charge < -0.3 is 10.2 Å². The second-order valence-electron chi connectivity index (χ2n) is 5.81. The molecule has 5 nitrogen and oxygen atoms in total. The maximum atomic E-state index is 12.6. The van der Waals surface area contributed by atoms with Gasteiger partial charge in [0, 0.05) is 11.8 Å². The SMILES string of the molecule is Cc1ccc(-c2cn3c(=O)/c(=C/c4ccc(O)c(O)c4)sc3n2)cc1. The summed E-state index contributed by atoms with van der Waals surface area (Å²) in [6.07, 6.45) is 3.41. The zero-order chi connectivity index (χ0) is 17.6. The third kappa shape index (κ3) is 2.77. The first kappa shape index (κ1) is 15.4. The summed E-state index contributed by atoms with van der Waals surface area (Å²) in [5.74, 6) is -0.410. The summed E-state index contributed by atoms with van der Waals surface area (Å²) in [5, 5.41) is 18.9. The molecule has 0 aliphatic carbocycles. The van der Waals surface area contributed by atoms with Gasteiger partial charge in [-0.25, -0.2) is 4.98 Å². The lowest BCUT2D eigenvalue weighted by Gasteiger charge is -1.97. The first-order chi connectivity index (χ1) is 12.0. The van der Waals surface area contributed by atoms with E-state index in [-0.39, 0.29) is 17.1 Å². The van der Waals surface area contributed by atoms with Gasteiger partial charge in [0.2, 0.25) is 0 Å². The first-order valence-electron chi connectivity index (χ1n) is 7.64. The Bertz CT molecular complexity index is 1190. The monoisotopic (exact) mass is 350 g/mol. The lowest BCUT2D eigenvalue weighted by atomic mass is 10.1. The number of thiazole rings is 1. The molecule has 124 valence electrons. The molecule has 0 aliphatic heterocycles. The number of hydrogen-bond acceptors (Lipinski definition) is 5. The molecule has 2 aromatic heterocycles. The van der Waals surface area contributed by atoms with E-state index in [0.29, 0.717) is 15.1 Å². The van der Waals surface area contributed by atoms with Crippen molar-refractivity contribution in [2.24, 2.45) is 0 Å². The second kappa shape index (κ2) is 5.75. The van der Waals surface area contributed by atoms with Crippen LogP contribution < -0.4 is 10.1 Å². The number of hydrogen-bond donors (Lipinski definition) is 2. The topological polar surface area (TPSA) is 74.8 Å². The van der Waals surface area contributed by atoms with E-state index in [1.54, 1.807) is 18.3 Å². The van der Waals surface area contributed by atoms with Crippen LogP contribution in [0.4, 0.5) is 0 Å². The van der Waals surface area contributed by atoms with Crippen molar-refractivity contribution < 1.29 is 10.2 Å². The summed E-state index contributed by atoms with van der Waals surface area (Å²) in [5.41, 5.74) is 3.38. The molecular weight excluding hydrogens is 336 g/mol. The third-order valence-corrected chi connectivity index (χ3v) is 4.93. The molecule has 4 aromatic rings. The summed E-state index contributed by atoms with van der Waals surface area (Å²) in [6, 6.07) is 12.4. The molecule has 0 spiro atoms. The molecule has 0 saturated carbocycles. The lowest BCUT2D eigenvalue weighted by molar-refractivity contribution is 0.403. The Morgan fingerprint density at radius 3 is 2.52 bits per heavy atom. The number of fused-ring (bicyclic) bond motifs is 1. The number of imidazole rings is 1. The van der Waals surface area contributed by atoms with Crippen molar-refractivity contribution >= 4 is 22.4 Å². The zero-order valence-corrected chi connectivity index (χ0v) is 14.1. The maximum absolute atomic E-state index is 12.6. The first-order valence-corrected chi connectivity index (χ1v) is 8.45. The Hall–Kier alpha value is -3.12. The highest BCUT2D eigenvalue weighted by molar-refractivity contribution is 7.15. The summed E-state index contributed by atoms with van der Waals surface area (Å²) < 4.78 is 2.05. The molecular formula is C19H14N2O3S. The van der Waals surface area contributed by atoms with Crippen molar-refractivity contribution in [1.29, 1.82) is 0 Å². The molecule has 0 radical (unpaired) electrons. The fraction of sp³-hybridized carbons (Fsp3) is 0.0526. The quantitative estimate of drug-likeness (QED) is 0.545. The summed E-state index contributed by atoms with van der Waals surface area (Å²) in [7, 11) is 0. The maximum Gasteiger partial charge on any atom is 0.274 e. The minimum absolute atomic E-state index is 0.154. The molecule has 0 atom stereocenters. The van der Waals surface area contributed by atoms with Crippen LogP contribution in [0.3, 0.4) is 0 Å². The normalized spacial score (nSPS) is 12.1. The van der Waals surface area contributed by atoms with Crippen molar-refractivity contribution in [3.05, 3.63) is 74.7 Å². The molecule has 2 heterocycles. The average molecular weight is 350 g/mol. The van der Waals surface area contributed by atoms with Gasteiger partial charge in [0.1, 0.15) is 0 Å². The average Bonchev–Trinajstić information content (AvgIpc) is 3.12. The molecule has 0 aliphatic rings. The van der Waals surface area contributed by atoms with E-state index in [1.807, 2.05) is 31.2 Å².